The number of thiophene rings is 2. The molecular formula is C22H22N4O2S3. The molecule has 9 heteroatoms. The van der Waals surface area contributed by atoms with Gasteiger partial charge in [-0.2, -0.15) is 4.31 Å². The Morgan fingerprint density at radius 2 is 1.68 bits per heavy atom. The average Bonchev–Trinajstić information content (AvgIpc) is 3.42. The second kappa shape index (κ2) is 7.98. The summed E-state index contributed by atoms with van der Waals surface area (Å²) in [7, 11) is -3.43. The lowest BCUT2D eigenvalue weighted by Gasteiger charge is -2.34. The molecule has 0 atom stereocenters. The van der Waals surface area contributed by atoms with Crippen LogP contribution in [0.5, 0.6) is 0 Å². The van der Waals surface area contributed by atoms with Crippen molar-refractivity contribution in [3.8, 4) is 11.1 Å². The highest BCUT2D eigenvalue weighted by Crippen LogP contribution is 2.42. The molecular weight excluding hydrogens is 448 g/mol. The molecule has 0 spiro atoms. The summed E-state index contributed by atoms with van der Waals surface area (Å²) in [4.78, 5) is 13.9. The number of aryl methyl sites for hydroxylation is 2. The molecule has 0 saturated carbocycles. The fourth-order valence-electron chi connectivity index (χ4n) is 4.06. The van der Waals surface area contributed by atoms with E-state index in [9.17, 15) is 8.42 Å². The van der Waals surface area contributed by atoms with Crippen molar-refractivity contribution < 1.29 is 8.42 Å². The van der Waals surface area contributed by atoms with Gasteiger partial charge in [0.15, 0.2) is 0 Å². The molecule has 0 bridgehead atoms. The Hall–Kier alpha value is -2.33. The van der Waals surface area contributed by atoms with Crippen molar-refractivity contribution in [2.24, 2.45) is 0 Å². The van der Waals surface area contributed by atoms with E-state index >= 15 is 0 Å². The minimum Gasteiger partial charge on any atom is -0.353 e. The molecule has 31 heavy (non-hydrogen) atoms. The number of nitrogens with zero attached hydrogens (tertiary/aromatic N) is 4. The number of benzene rings is 1. The van der Waals surface area contributed by atoms with E-state index in [1.807, 2.05) is 25.1 Å². The Labute approximate surface area is 189 Å². The molecule has 6 nitrogen and oxygen atoms in total. The number of hydrogen-bond acceptors (Lipinski definition) is 7. The molecule has 1 aliphatic heterocycles. The van der Waals surface area contributed by atoms with Crippen LogP contribution < -0.4 is 4.90 Å². The van der Waals surface area contributed by atoms with Gasteiger partial charge in [-0.25, -0.2) is 18.4 Å². The first-order valence-electron chi connectivity index (χ1n) is 10.1. The number of hydrogen-bond donors (Lipinski definition) is 0. The molecule has 1 aromatic carbocycles. The van der Waals surface area contributed by atoms with Gasteiger partial charge in [-0.15, -0.1) is 22.7 Å². The van der Waals surface area contributed by atoms with Crippen molar-refractivity contribution in [3.05, 3.63) is 58.5 Å². The minimum absolute atomic E-state index is 0.404. The molecule has 0 radical (unpaired) electrons. The summed E-state index contributed by atoms with van der Waals surface area (Å²) in [6, 6.07) is 13.8. The lowest BCUT2D eigenvalue weighted by molar-refractivity contribution is 0.385. The van der Waals surface area contributed by atoms with Crippen LogP contribution >= 0.6 is 22.7 Å². The molecule has 1 fully saturated rings. The third kappa shape index (κ3) is 3.65. The Morgan fingerprint density at radius 1 is 0.935 bits per heavy atom. The molecule has 5 rings (SSSR count). The molecule has 0 unspecified atom stereocenters. The van der Waals surface area contributed by atoms with Crippen LogP contribution in [-0.2, 0) is 10.0 Å². The summed E-state index contributed by atoms with van der Waals surface area (Å²) < 4.78 is 27.8. The van der Waals surface area contributed by atoms with Gasteiger partial charge in [0.25, 0.3) is 10.0 Å². The van der Waals surface area contributed by atoms with E-state index in [0.29, 0.717) is 30.4 Å². The predicted octanol–water partition coefficient (Wildman–Crippen LogP) is 4.55. The molecule has 4 heterocycles. The van der Waals surface area contributed by atoms with Gasteiger partial charge in [-0.3, -0.25) is 0 Å². The van der Waals surface area contributed by atoms with Crippen LogP contribution in [0.4, 0.5) is 5.82 Å². The Morgan fingerprint density at radius 3 is 2.35 bits per heavy atom. The second-order valence-corrected chi connectivity index (χ2v) is 11.8. The number of piperazine rings is 1. The van der Waals surface area contributed by atoms with Gasteiger partial charge < -0.3 is 4.90 Å². The highest BCUT2D eigenvalue weighted by Gasteiger charge is 2.31. The lowest BCUT2D eigenvalue weighted by atomic mass is 10.0. The zero-order chi connectivity index (χ0) is 21.6. The summed E-state index contributed by atoms with van der Waals surface area (Å²) in [5, 5.41) is 2.86. The third-order valence-electron chi connectivity index (χ3n) is 5.51. The maximum Gasteiger partial charge on any atom is 0.252 e. The molecule has 1 aliphatic rings. The quantitative estimate of drug-likeness (QED) is 0.438. The van der Waals surface area contributed by atoms with Crippen LogP contribution in [0.3, 0.4) is 0 Å². The van der Waals surface area contributed by atoms with Gasteiger partial charge in [0.05, 0.1) is 5.39 Å². The van der Waals surface area contributed by atoms with E-state index in [4.69, 9.17) is 9.97 Å². The van der Waals surface area contributed by atoms with E-state index in [1.165, 1.54) is 21.8 Å². The van der Waals surface area contributed by atoms with E-state index < -0.39 is 10.0 Å². The van der Waals surface area contributed by atoms with E-state index in [2.05, 4.69) is 24.0 Å². The van der Waals surface area contributed by atoms with Crippen LogP contribution in [0.15, 0.2) is 52.1 Å². The van der Waals surface area contributed by atoms with Crippen molar-refractivity contribution in [3.63, 3.8) is 0 Å². The Balaban J connectivity index is 1.52. The maximum absolute atomic E-state index is 12.9. The first-order chi connectivity index (χ1) is 14.9. The van der Waals surface area contributed by atoms with E-state index in [-0.39, 0.29) is 0 Å². The average molecular weight is 471 g/mol. The fraction of sp³-hybridized carbons (Fsp3) is 0.273. The summed E-state index contributed by atoms with van der Waals surface area (Å²) in [6.45, 7) is 6.11. The number of sulfonamides is 1. The van der Waals surface area contributed by atoms with Crippen LogP contribution in [-0.4, -0.2) is 48.9 Å². The molecule has 4 aromatic rings. The fourth-order valence-corrected chi connectivity index (χ4v) is 7.71. The smallest absolute Gasteiger partial charge is 0.252 e. The first kappa shape index (κ1) is 20.6. The molecule has 0 N–H and O–H groups in total. The predicted molar refractivity (Wildman–Crippen MR) is 128 cm³/mol. The van der Waals surface area contributed by atoms with Crippen molar-refractivity contribution >= 4 is 48.7 Å². The van der Waals surface area contributed by atoms with Crippen molar-refractivity contribution in [1.82, 2.24) is 14.3 Å². The van der Waals surface area contributed by atoms with Gasteiger partial charge in [0, 0.05) is 36.6 Å². The van der Waals surface area contributed by atoms with Gasteiger partial charge in [0.1, 0.15) is 20.7 Å². The molecule has 0 amide bonds. The first-order valence-corrected chi connectivity index (χ1v) is 13.2. The summed E-state index contributed by atoms with van der Waals surface area (Å²) in [5.74, 6) is 1.64. The van der Waals surface area contributed by atoms with Gasteiger partial charge >= 0.3 is 0 Å². The topological polar surface area (TPSA) is 66.4 Å². The van der Waals surface area contributed by atoms with Crippen LogP contribution in [0.1, 0.15) is 10.7 Å². The molecule has 1 saturated heterocycles. The van der Waals surface area contributed by atoms with Crippen molar-refractivity contribution in [1.29, 1.82) is 0 Å². The zero-order valence-electron chi connectivity index (χ0n) is 17.3. The van der Waals surface area contributed by atoms with Crippen LogP contribution in [0, 0.1) is 13.8 Å². The number of fused-ring (bicyclic) bond motifs is 1. The second-order valence-electron chi connectivity index (χ2n) is 7.50. The highest BCUT2D eigenvalue weighted by molar-refractivity contribution is 7.91. The Kier molecular flexibility index (Phi) is 5.29. The lowest BCUT2D eigenvalue weighted by Crippen LogP contribution is -2.48. The minimum atomic E-state index is -3.43. The van der Waals surface area contributed by atoms with Crippen LogP contribution in [0.25, 0.3) is 21.3 Å². The number of aromatic nitrogens is 2. The van der Waals surface area contributed by atoms with Crippen LogP contribution in [0.2, 0.25) is 0 Å². The van der Waals surface area contributed by atoms with Gasteiger partial charge in [0.2, 0.25) is 0 Å². The van der Waals surface area contributed by atoms with Crippen molar-refractivity contribution in [2.45, 2.75) is 18.1 Å². The van der Waals surface area contributed by atoms with Gasteiger partial charge in [-0.05, 0) is 30.9 Å². The third-order valence-corrected chi connectivity index (χ3v) is 9.78. The summed E-state index contributed by atoms with van der Waals surface area (Å²) in [6.07, 6.45) is 0. The zero-order valence-corrected chi connectivity index (χ0v) is 19.7. The largest absolute Gasteiger partial charge is 0.353 e. The normalized spacial score (nSPS) is 15.6. The molecule has 0 aliphatic carbocycles. The number of rotatable bonds is 4. The summed E-state index contributed by atoms with van der Waals surface area (Å²) in [5.41, 5.74) is 2.32. The number of anilines is 1. The molecule has 3 aromatic heterocycles. The monoisotopic (exact) mass is 470 g/mol. The molecule has 160 valence electrons. The standard InChI is InChI=1S/C22H22N4O2S3/c1-15-19(17-7-4-3-5-8-17)20-21(23-16(2)24-22(20)30-15)25-10-12-26(13-11-25)31(27,28)18-9-6-14-29-18/h3-9,14H,10-13H2,1-2H3. The van der Waals surface area contributed by atoms with Crippen molar-refractivity contribution in [2.75, 3.05) is 31.1 Å². The van der Waals surface area contributed by atoms with E-state index in [0.717, 1.165) is 27.4 Å². The maximum atomic E-state index is 12.9. The van der Waals surface area contributed by atoms with E-state index in [1.54, 1.807) is 33.2 Å². The van der Waals surface area contributed by atoms with Gasteiger partial charge in [-0.1, -0.05) is 36.4 Å². The SMILES string of the molecule is Cc1nc(N2CCN(S(=O)(=O)c3cccs3)CC2)c2c(-c3ccccc3)c(C)sc2n1. The highest BCUT2D eigenvalue weighted by atomic mass is 32.2. The summed E-state index contributed by atoms with van der Waals surface area (Å²) >= 11 is 2.95. The Bertz CT molecular complexity index is 1320.